The number of benzene rings is 1. The highest BCUT2D eigenvalue weighted by Gasteiger charge is 2.16. The zero-order chi connectivity index (χ0) is 12.3. The lowest BCUT2D eigenvalue weighted by atomic mass is 9.94. The van der Waals surface area contributed by atoms with Gasteiger partial charge in [-0.1, -0.05) is 19.1 Å². The van der Waals surface area contributed by atoms with E-state index in [9.17, 15) is 8.42 Å². The normalized spacial score (nSPS) is 15.8. The molecule has 1 rings (SSSR count). The molecule has 4 heteroatoms. The Hall–Kier alpha value is -0.540. The zero-order valence-electron chi connectivity index (χ0n) is 9.77. The summed E-state index contributed by atoms with van der Waals surface area (Å²) in [5, 5.41) is 0.0501. The summed E-state index contributed by atoms with van der Waals surface area (Å²) in [5.41, 5.74) is 1.09. The van der Waals surface area contributed by atoms with E-state index in [0.29, 0.717) is 4.90 Å². The van der Waals surface area contributed by atoms with E-state index in [-0.39, 0.29) is 11.3 Å². The molecule has 0 aliphatic heterocycles. The van der Waals surface area contributed by atoms with E-state index in [1.807, 2.05) is 19.1 Å². The molecule has 0 heterocycles. The first-order valence-corrected chi connectivity index (χ1v) is 7.63. The fourth-order valence-electron chi connectivity index (χ4n) is 1.79. The number of halogens is 1. The van der Waals surface area contributed by atoms with Gasteiger partial charge in [0.05, 0.1) is 4.90 Å². The van der Waals surface area contributed by atoms with Crippen LogP contribution in [0, 0.1) is 0 Å². The molecule has 1 aromatic rings. The zero-order valence-corrected chi connectivity index (χ0v) is 11.3. The molecule has 2 unspecified atom stereocenters. The number of rotatable bonds is 4. The molecule has 1 aromatic carbocycles. The monoisotopic (exact) mass is 260 g/mol. The fraction of sp³-hybridized carbons (Fsp3) is 0.500. The lowest BCUT2D eigenvalue weighted by Crippen LogP contribution is -2.08. The predicted molar refractivity (Wildman–Crippen MR) is 67.9 cm³/mol. The Morgan fingerprint density at radius 2 is 1.75 bits per heavy atom. The van der Waals surface area contributed by atoms with E-state index < -0.39 is 9.84 Å². The van der Waals surface area contributed by atoms with Crippen LogP contribution in [0.3, 0.4) is 0 Å². The number of sulfone groups is 1. The van der Waals surface area contributed by atoms with E-state index in [1.54, 1.807) is 12.1 Å². The average Bonchev–Trinajstić information content (AvgIpc) is 2.17. The third-order valence-corrected chi connectivity index (χ3v) is 4.16. The van der Waals surface area contributed by atoms with E-state index in [2.05, 4.69) is 6.92 Å². The largest absolute Gasteiger partial charge is 0.224 e. The van der Waals surface area contributed by atoms with Crippen molar-refractivity contribution in [1.29, 1.82) is 0 Å². The number of alkyl halides is 1. The summed E-state index contributed by atoms with van der Waals surface area (Å²) in [7, 11) is -3.11. The summed E-state index contributed by atoms with van der Waals surface area (Å²) >= 11 is 6.09. The topological polar surface area (TPSA) is 34.1 Å². The van der Waals surface area contributed by atoms with Crippen molar-refractivity contribution in [3.05, 3.63) is 29.8 Å². The summed E-state index contributed by atoms with van der Waals surface area (Å²) in [5.74, 6) is 0.273. The molecule has 0 aromatic heterocycles. The number of hydrogen-bond acceptors (Lipinski definition) is 2. The van der Waals surface area contributed by atoms with Gasteiger partial charge >= 0.3 is 0 Å². The molecule has 0 bridgehead atoms. The summed E-state index contributed by atoms with van der Waals surface area (Å²) in [4.78, 5) is 0.355. The Morgan fingerprint density at radius 3 is 2.06 bits per heavy atom. The van der Waals surface area contributed by atoms with E-state index >= 15 is 0 Å². The minimum absolute atomic E-state index is 0.0501. The maximum atomic E-state index is 11.3. The van der Waals surface area contributed by atoms with Crippen LogP contribution in [-0.2, 0) is 9.84 Å². The Morgan fingerprint density at radius 1 is 1.25 bits per heavy atom. The van der Waals surface area contributed by atoms with E-state index in [0.717, 1.165) is 12.0 Å². The van der Waals surface area contributed by atoms with Crippen molar-refractivity contribution < 1.29 is 8.42 Å². The Bertz CT molecular complexity index is 435. The minimum atomic E-state index is -3.11. The SMILES string of the molecule is CCC(c1ccc(S(C)(=O)=O)cc1)C(C)Cl. The first-order chi connectivity index (χ1) is 7.36. The smallest absolute Gasteiger partial charge is 0.175 e. The molecule has 0 saturated carbocycles. The Balaban J connectivity index is 3.03. The van der Waals surface area contributed by atoms with E-state index in [1.165, 1.54) is 6.26 Å². The van der Waals surface area contributed by atoms with Crippen molar-refractivity contribution in [3.63, 3.8) is 0 Å². The van der Waals surface area contributed by atoms with Crippen molar-refractivity contribution in [3.8, 4) is 0 Å². The molecule has 0 saturated heterocycles. The van der Waals surface area contributed by atoms with Crippen LogP contribution in [0.25, 0.3) is 0 Å². The van der Waals surface area contributed by atoms with Crippen molar-refractivity contribution >= 4 is 21.4 Å². The molecule has 2 atom stereocenters. The lowest BCUT2D eigenvalue weighted by molar-refractivity contribution is 0.601. The van der Waals surface area contributed by atoms with Gasteiger partial charge in [0.25, 0.3) is 0 Å². The second-order valence-corrected chi connectivity index (χ2v) is 6.74. The molecule has 0 amide bonds. The first kappa shape index (κ1) is 13.5. The van der Waals surface area contributed by atoms with Crippen molar-refractivity contribution in [1.82, 2.24) is 0 Å². The van der Waals surface area contributed by atoms with Crippen LogP contribution in [0.1, 0.15) is 31.7 Å². The van der Waals surface area contributed by atoms with Gasteiger partial charge in [0.1, 0.15) is 0 Å². The molecule has 90 valence electrons. The molecule has 0 N–H and O–H groups in total. The second-order valence-electron chi connectivity index (χ2n) is 4.03. The van der Waals surface area contributed by atoms with Gasteiger partial charge in [0.15, 0.2) is 9.84 Å². The minimum Gasteiger partial charge on any atom is -0.224 e. The van der Waals surface area contributed by atoms with E-state index in [4.69, 9.17) is 11.6 Å². The average molecular weight is 261 g/mol. The van der Waals surface area contributed by atoms with Gasteiger partial charge in [-0.05, 0) is 37.0 Å². The van der Waals surface area contributed by atoms with Gasteiger partial charge < -0.3 is 0 Å². The quantitative estimate of drug-likeness (QED) is 0.779. The first-order valence-electron chi connectivity index (χ1n) is 5.30. The summed E-state index contributed by atoms with van der Waals surface area (Å²) in [6.45, 7) is 4.04. The highest BCUT2D eigenvalue weighted by molar-refractivity contribution is 7.90. The van der Waals surface area contributed by atoms with Crippen LogP contribution in [0.2, 0.25) is 0 Å². The highest BCUT2D eigenvalue weighted by Crippen LogP contribution is 2.27. The molecule has 0 fully saturated rings. The van der Waals surface area contributed by atoms with Crippen LogP contribution < -0.4 is 0 Å². The maximum absolute atomic E-state index is 11.3. The highest BCUT2D eigenvalue weighted by atomic mass is 35.5. The van der Waals surface area contributed by atoms with Gasteiger partial charge in [-0.2, -0.15) is 0 Å². The molecular formula is C12H17ClO2S. The molecule has 0 aliphatic rings. The number of hydrogen-bond donors (Lipinski definition) is 0. The summed E-state index contributed by atoms with van der Waals surface area (Å²) < 4.78 is 22.6. The third-order valence-electron chi connectivity index (χ3n) is 2.73. The lowest BCUT2D eigenvalue weighted by Gasteiger charge is -2.17. The Labute approximate surface area is 103 Å². The van der Waals surface area contributed by atoms with Crippen LogP contribution in [0.15, 0.2) is 29.2 Å². The van der Waals surface area contributed by atoms with Gasteiger partial charge in [0, 0.05) is 11.6 Å². The third kappa shape index (κ3) is 3.22. The molecule has 2 nitrogen and oxygen atoms in total. The van der Waals surface area contributed by atoms with Gasteiger partial charge in [-0.25, -0.2) is 8.42 Å². The standard InChI is InChI=1S/C12H17ClO2S/c1-4-12(9(2)13)10-5-7-11(8-6-10)16(3,14)15/h5-9,12H,4H2,1-3H3. The second kappa shape index (κ2) is 5.19. The van der Waals surface area contributed by atoms with Crippen molar-refractivity contribution in [2.75, 3.05) is 6.26 Å². The maximum Gasteiger partial charge on any atom is 0.175 e. The molecule has 0 radical (unpaired) electrons. The molecule has 16 heavy (non-hydrogen) atoms. The Kier molecular flexibility index (Phi) is 4.39. The van der Waals surface area contributed by atoms with Gasteiger partial charge in [0.2, 0.25) is 0 Å². The predicted octanol–water partition coefficient (Wildman–Crippen LogP) is 3.21. The van der Waals surface area contributed by atoms with Gasteiger partial charge in [-0.3, -0.25) is 0 Å². The van der Waals surface area contributed by atoms with Crippen LogP contribution in [-0.4, -0.2) is 20.1 Å². The van der Waals surface area contributed by atoms with Crippen molar-refractivity contribution in [2.24, 2.45) is 0 Å². The molecular weight excluding hydrogens is 244 g/mol. The summed E-state index contributed by atoms with van der Waals surface area (Å²) in [6.07, 6.45) is 2.16. The molecule has 0 spiro atoms. The van der Waals surface area contributed by atoms with Crippen LogP contribution in [0.5, 0.6) is 0 Å². The summed E-state index contributed by atoms with van der Waals surface area (Å²) in [6, 6.07) is 6.99. The van der Waals surface area contributed by atoms with Crippen LogP contribution in [0.4, 0.5) is 0 Å². The fourth-order valence-corrected chi connectivity index (χ4v) is 2.74. The van der Waals surface area contributed by atoms with Crippen LogP contribution >= 0.6 is 11.6 Å². The molecule has 0 aliphatic carbocycles. The van der Waals surface area contributed by atoms with Gasteiger partial charge in [-0.15, -0.1) is 11.6 Å². The van der Waals surface area contributed by atoms with Crippen molar-refractivity contribution in [2.45, 2.75) is 36.5 Å².